The predicted molar refractivity (Wildman–Crippen MR) is 95.8 cm³/mol. The summed E-state index contributed by atoms with van der Waals surface area (Å²) < 4.78 is 5.43. The van der Waals surface area contributed by atoms with Crippen molar-refractivity contribution in [3.05, 3.63) is 59.4 Å². The van der Waals surface area contributed by atoms with E-state index in [0.29, 0.717) is 19.4 Å². The minimum Gasteiger partial charge on any atom is -0.505 e. The van der Waals surface area contributed by atoms with E-state index >= 15 is 0 Å². The lowest BCUT2D eigenvalue weighted by Gasteiger charge is -2.28. The molecule has 0 atom stereocenters. The summed E-state index contributed by atoms with van der Waals surface area (Å²) in [6.07, 6.45) is 3.81. The first-order chi connectivity index (χ1) is 12.6. The molecule has 0 radical (unpaired) electrons. The molecule has 6 nitrogen and oxygen atoms in total. The lowest BCUT2D eigenvalue weighted by molar-refractivity contribution is -0.151. The van der Waals surface area contributed by atoms with Crippen LogP contribution < -0.4 is 5.32 Å². The molecule has 1 aromatic carbocycles. The molecule has 0 aliphatic heterocycles. The van der Waals surface area contributed by atoms with Gasteiger partial charge < -0.3 is 15.2 Å². The number of aromatic nitrogens is 1. The highest BCUT2D eigenvalue weighted by molar-refractivity contribution is 5.99. The molecule has 1 aliphatic carbocycles. The van der Waals surface area contributed by atoms with Gasteiger partial charge in [-0.15, -0.1) is 0 Å². The Kier molecular flexibility index (Phi) is 5.21. The van der Waals surface area contributed by atoms with Crippen LogP contribution in [0.2, 0.25) is 0 Å². The van der Waals surface area contributed by atoms with E-state index in [-0.39, 0.29) is 11.4 Å². The summed E-state index contributed by atoms with van der Waals surface area (Å²) >= 11 is 0. The molecule has 0 unspecified atom stereocenters. The van der Waals surface area contributed by atoms with Crippen molar-refractivity contribution in [3.63, 3.8) is 0 Å². The van der Waals surface area contributed by atoms with Gasteiger partial charge in [-0.2, -0.15) is 0 Å². The van der Waals surface area contributed by atoms with Crippen molar-refractivity contribution < 1.29 is 19.4 Å². The smallest absolute Gasteiger partial charge is 0.332 e. The predicted octanol–water partition coefficient (Wildman–Crippen LogP) is 2.40. The topological polar surface area (TPSA) is 88.5 Å². The standard InChI is InChI=1S/C20H22N2O4/c1-2-3-11-26-19(25)20(12-14-7-4-5-8-15(14)13-20)22-18(24)17-16(23)9-6-10-21-17/h4-10,23H,2-3,11-13H2,1H3,(H,22,24). The molecular weight excluding hydrogens is 332 g/mol. The van der Waals surface area contributed by atoms with Crippen LogP contribution in [0.3, 0.4) is 0 Å². The quantitative estimate of drug-likeness (QED) is 0.614. The number of amides is 1. The number of benzene rings is 1. The molecule has 136 valence electrons. The highest BCUT2D eigenvalue weighted by Crippen LogP contribution is 2.32. The molecule has 1 amide bonds. The Hall–Kier alpha value is -2.89. The maximum absolute atomic E-state index is 12.8. The zero-order chi connectivity index (χ0) is 18.6. The molecule has 1 aromatic heterocycles. The lowest BCUT2D eigenvalue weighted by atomic mass is 9.95. The van der Waals surface area contributed by atoms with Gasteiger partial charge in [0, 0.05) is 19.0 Å². The molecule has 26 heavy (non-hydrogen) atoms. The van der Waals surface area contributed by atoms with Crippen LogP contribution in [0, 0.1) is 0 Å². The molecule has 1 heterocycles. The molecule has 0 saturated carbocycles. The summed E-state index contributed by atoms with van der Waals surface area (Å²) in [5.74, 6) is -1.27. The van der Waals surface area contributed by atoms with Gasteiger partial charge in [0.25, 0.3) is 5.91 Å². The molecule has 0 saturated heterocycles. The van der Waals surface area contributed by atoms with Crippen molar-refractivity contribution in [2.75, 3.05) is 6.61 Å². The largest absolute Gasteiger partial charge is 0.505 e. The second-order valence-corrected chi connectivity index (χ2v) is 6.52. The summed E-state index contributed by atoms with van der Waals surface area (Å²) in [6, 6.07) is 10.6. The Morgan fingerprint density at radius 1 is 1.19 bits per heavy atom. The van der Waals surface area contributed by atoms with E-state index < -0.39 is 17.4 Å². The van der Waals surface area contributed by atoms with Crippen molar-refractivity contribution in [1.82, 2.24) is 10.3 Å². The van der Waals surface area contributed by atoms with E-state index in [1.807, 2.05) is 31.2 Å². The van der Waals surface area contributed by atoms with Crippen molar-refractivity contribution in [1.29, 1.82) is 0 Å². The summed E-state index contributed by atoms with van der Waals surface area (Å²) in [5, 5.41) is 12.7. The normalized spacial score (nSPS) is 14.5. The summed E-state index contributed by atoms with van der Waals surface area (Å²) in [7, 11) is 0. The Balaban J connectivity index is 1.86. The zero-order valence-corrected chi connectivity index (χ0v) is 14.7. The van der Waals surface area contributed by atoms with Crippen LogP contribution >= 0.6 is 0 Å². The number of rotatable bonds is 6. The van der Waals surface area contributed by atoms with Gasteiger partial charge in [-0.05, 0) is 29.7 Å². The Morgan fingerprint density at radius 3 is 2.50 bits per heavy atom. The molecule has 6 heteroatoms. The monoisotopic (exact) mass is 354 g/mol. The number of pyridine rings is 1. The highest BCUT2D eigenvalue weighted by atomic mass is 16.5. The molecule has 3 rings (SSSR count). The first-order valence-corrected chi connectivity index (χ1v) is 8.76. The molecule has 2 aromatic rings. The van der Waals surface area contributed by atoms with E-state index in [1.54, 1.807) is 0 Å². The van der Waals surface area contributed by atoms with Crippen LogP contribution in [0.4, 0.5) is 0 Å². The third-order valence-corrected chi connectivity index (χ3v) is 4.58. The van der Waals surface area contributed by atoms with Gasteiger partial charge in [0.2, 0.25) is 0 Å². The number of nitrogens with one attached hydrogen (secondary N) is 1. The molecule has 0 fully saturated rings. The second-order valence-electron chi connectivity index (χ2n) is 6.52. The van der Waals surface area contributed by atoms with Gasteiger partial charge >= 0.3 is 5.97 Å². The van der Waals surface area contributed by atoms with Gasteiger partial charge in [-0.3, -0.25) is 4.79 Å². The van der Waals surface area contributed by atoms with Crippen LogP contribution in [0.5, 0.6) is 5.75 Å². The van der Waals surface area contributed by atoms with Crippen molar-refractivity contribution in [2.24, 2.45) is 0 Å². The minimum atomic E-state index is -1.18. The number of aromatic hydroxyl groups is 1. The number of carbonyl (C=O) groups is 2. The van der Waals surface area contributed by atoms with Crippen molar-refractivity contribution in [2.45, 2.75) is 38.1 Å². The average molecular weight is 354 g/mol. The highest BCUT2D eigenvalue weighted by Gasteiger charge is 2.47. The van der Waals surface area contributed by atoms with Crippen LogP contribution in [0.25, 0.3) is 0 Å². The van der Waals surface area contributed by atoms with Gasteiger partial charge in [-0.25, -0.2) is 9.78 Å². The second kappa shape index (κ2) is 7.56. The molecule has 0 spiro atoms. The van der Waals surface area contributed by atoms with Crippen LogP contribution in [0.1, 0.15) is 41.4 Å². The van der Waals surface area contributed by atoms with Crippen molar-refractivity contribution >= 4 is 11.9 Å². The fourth-order valence-electron chi connectivity index (χ4n) is 3.19. The van der Waals surface area contributed by atoms with Gasteiger partial charge in [-0.1, -0.05) is 37.6 Å². The van der Waals surface area contributed by atoms with E-state index in [0.717, 1.165) is 24.0 Å². The Labute approximate surface area is 152 Å². The number of unbranched alkanes of at least 4 members (excludes halogenated alkanes) is 1. The fraction of sp³-hybridized carbons (Fsp3) is 0.350. The molecular formula is C20H22N2O4. The maximum atomic E-state index is 12.8. The number of carbonyl (C=O) groups excluding carboxylic acids is 2. The van der Waals surface area contributed by atoms with Crippen molar-refractivity contribution in [3.8, 4) is 5.75 Å². The van der Waals surface area contributed by atoms with Crippen LogP contribution in [-0.4, -0.2) is 34.1 Å². The van der Waals surface area contributed by atoms with Crippen LogP contribution in [-0.2, 0) is 22.4 Å². The van der Waals surface area contributed by atoms with Gasteiger partial charge in [0.15, 0.2) is 5.69 Å². The fourth-order valence-corrected chi connectivity index (χ4v) is 3.19. The van der Waals surface area contributed by atoms with Crippen LogP contribution in [0.15, 0.2) is 42.6 Å². The number of ether oxygens (including phenoxy) is 1. The number of fused-ring (bicyclic) bond motifs is 1. The first-order valence-electron chi connectivity index (χ1n) is 8.76. The average Bonchev–Trinajstić information content (AvgIpc) is 3.01. The third kappa shape index (κ3) is 3.54. The molecule has 2 N–H and O–H groups in total. The van der Waals surface area contributed by atoms with E-state index in [2.05, 4.69) is 10.3 Å². The summed E-state index contributed by atoms with van der Waals surface area (Å²) in [4.78, 5) is 29.4. The zero-order valence-electron chi connectivity index (χ0n) is 14.7. The summed E-state index contributed by atoms with van der Waals surface area (Å²) in [5.41, 5.74) is 0.721. The molecule has 0 bridgehead atoms. The first kappa shape index (κ1) is 17.9. The lowest BCUT2D eigenvalue weighted by Crippen LogP contribution is -2.56. The van der Waals surface area contributed by atoms with E-state index in [4.69, 9.17) is 4.74 Å². The van der Waals surface area contributed by atoms with E-state index in [1.165, 1.54) is 18.3 Å². The maximum Gasteiger partial charge on any atom is 0.332 e. The van der Waals surface area contributed by atoms with Gasteiger partial charge in [0.05, 0.1) is 6.61 Å². The van der Waals surface area contributed by atoms with E-state index in [9.17, 15) is 14.7 Å². The Morgan fingerprint density at radius 2 is 1.88 bits per heavy atom. The summed E-state index contributed by atoms with van der Waals surface area (Å²) in [6.45, 7) is 2.33. The number of esters is 1. The minimum absolute atomic E-state index is 0.107. The SMILES string of the molecule is CCCCOC(=O)C1(NC(=O)c2ncccc2O)Cc2ccccc2C1. The molecule has 1 aliphatic rings. The third-order valence-electron chi connectivity index (χ3n) is 4.58. The van der Waals surface area contributed by atoms with Gasteiger partial charge in [0.1, 0.15) is 11.3 Å². The number of hydrogen-bond acceptors (Lipinski definition) is 5. The number of nitrogens with zero attached hydrogens (tertiary/aromatic N) is 1. The Bertz CT molecular complexity index is 794. The number of hydrogen-bond donors (Lipinski definition) is 2.